The van der Waals surface area contributed by atoms with Crippen molar-refractivity contribution in [2.75, 3.05) is 44.7 Å². The number of aryl methyl sites for hydroxylation is 1. The molecular weight excluding hydrogens is 490 g/mol. The fourth-order valence-electron chi connectivity index (χ4n) is 5.29. The minimum Gasteiger partial charge on any atom is -0.497 e. The summed E-state index contributed by atoms with van der Waals surface area (Å²) in [6, 6.07) is 8.12. The summed E-state index contributed by atoms with van der Waals surface area (Å²) in [5.74, 6) is 0.685. The van der Waals surface area contributed by atoms with Crippen LogP contribution in [0.25, 0.3) is 10.2 Å². The van der Waals surface area contributed by atoms with Crippen LogP contribution in [0.3, 0.4) is 0 Å². The number of amides is 2. The van der Waals surface area contributed by atoms with Crippen LogP contribution in [0.15, 0.2) is 35.4 Å². The van der Waals surface area contributed by atoms with Crippen molar-refractivity contribution in [1.29, 1.82) is 0 Å². The van der Waals surface area contributed by atoms with Gasteiger partial charge in [0.1, 0.15) is 17.1 Å². The van der Waals surface area contributed by atoms with Gasteiger partial charge in [0.25, 0.3) is 11.5 Å². The number of methoxy groups -OCH3 is 1. The van der Waals surface area contributed by atoms with Gasteiger partial charge in [0.2, 0.25) is 5.91 Å². The van der Waals surface area contributed by atoms with Gasteiger partial charge < -0.3 is 19.4 Å². The number of benzene rings is 1. The molecule has 0 aliphatic carbocycles. The zero-order chi connectivity index (χ0) is 26.1. The number of hydrogen-bond donors (Lipinski definition) is 0. The van der Waals surface area contributed by atoms with Crippen LogP contribution in [0.1, 0.15) is 41.4 Å². The number of hydrogen-bond acceptors (Lipinski definition) is 7. The monoisotopic (exact) mass is 523 g/mol. The van der Waals surface area contributed by atoms with Crippen LogP contribution in [0.4, 0.5) is 5.69 Å². The zero-order valence-electron chi connectivity index (χ0n) is 21.6. The average Bonchev–Trinajstić information content (AvgIpc) is 3.27. The Bertz CT molecular complexity index is 1360. The first-order valence-corrected chi connectivity index (χ1v) is 13.7. The van der Waals surface area contributed by atoms with E-state index < -0.39 is 0 Å². The summed E-state index contributed by atoms with van der Waals surface area (Å²) in [5.41, 5.74) is 1.48. The summed E-state index contributed by atoms with van der Waals surface area (Å²) in [5, 5.41) is 0.437. The van der Waals surface area contributed by atoms with Gasteiger partial charge in [-0.2, -0.15) is 0 Å². The van der Waals surface area contributed by atoms with E-state index in [0.29, 0.717) is 33.7 Å². The van der Waals surface area contributed by atoms with Crippen LogP contribution >= 0.6 is 11.3 Å². The second-order valence-electron chi connectivity index (χ2n) is 9.82. The highest BCUT2D eigenvalue weighted by molar-refractivity contribution is 7.20. The quantitative estimate of drug-likeness (QED) is 0.511. The Labute approximate surface area is 220 Å². The molecule has 0 unspecified atom stereocenters. The number of piperazine rings is 1. The number of nitrogens with zero attached hydrogens (tertiary/aromatic N) is 5. The third kappa shape index (κ3) is 4.94. The average molecular weight is 524 g/mol. The first-order chi connectivity index (χ1) is 17.9. The molecule has 0 N–H and O–H groups in total. The summed E-state index contributed by atoms with van der Waals surface area (Å²) in [6.07, 6.45) is 4.54. The number of piperidine rings is 1. The van der Waals surface area contributed by atoms with Crippen molar-refractivity contribution in [3.63, 3.8) is 0 Å². The molecule has 2 aliphatic heterocycles. The van der Waals surface area contributed by atoms with Crippen molar-refractivity contribution in [3.05, 3.63) is 51.4 Å². The third-order valence-corrected chi connectivity index (χ3v) is 8.73. The summed E-state index contributed by atoms with van der Waals surface area (Å²) in [4.78, 5) is 51.2. The highest BCUT2D eigenvalue weighted by Gasteiger charge is 2.28. The largest absolute Gasteiger partial charge is 0.497 e. The van der Waals surface area contributed by atoms with Crippen molar-refractivity contribution in [1.82, 2.24) is 19.4 Å². The molecule has 2 amide bonds. The molecule has 0 saturated carbocycles. The summed E-state index contributed by atoms with van der Waals surface area (Å²) in [6.45, 7) is 7.20. The summed E-state index contributed by atoms with van der Waals surface area (Å²) in [7, 11) is 1.65. The molecule has 4 heterocycles. The maximum atomic E-state index is 13.4. The molecule has 0 spiro atoms. The van der Waals surface area contributed by atoms with Gasteiger partial charge in [-0.1, -0.05) is 0 Å². The summed E-state index contributed by atoms with van der Waals surface area (Å²) < 4.78 is 6.62. The zero-order valence-corrected chi connectivity index (χ0v) is 22.4. The molecule has 9 nitrogen and oxygen atoms in total. The van der Waals surface area contributed by atoms with Crippen LogP contribution in [-0.2, 0) is 11.3 Å². The Morgan fingerprint density at radius 1 is 1.08 bits per heavy atom. The Balaban J connectivity index is 1.30. The van der Waals surface area contributed by atoms with Gasteiger partial charge in [0.15, 0.2) is 0 Å². The van der Waals surface area contributed by atoms with E-state index in [1.165, 1.54) is 22.2 Å². The van der Waals surface area contributed by atoms with E-state index in [9.17, 15) is 14.4 Å². The molecule has 2 saturated heterocycles. The molecule has 3 aromatic rings. The van der Waals surface area contributed by atoms with Crippen molar-refractivity contribution >= 4 is 39.1 Å². The fourth-order valence-corrected chi connectivity index (χ4v) is 6.39. The van der Waals surface area contributed by atoms with E-state index in [1.807, 2.05) is 41.0 Å². The molecule has 2 aliphatic rings. The Hall–Kier alpha value is -3.40. The van der Waals surface area contributed by atoms with E-state index in [4.69, 9.17) is 4.74 Å². The molecule has 2 aromatic heterocycles. The van der Waals surface area contributed by atoms with Crippen LogP contribution in [0.2, 0.25) is 0 Å². The standard InChI is InChI=1S/C27H33N5O4S/c1-18-6-4-5-11-32(18)22(33)16-31-17-28-25-23(26(31)34)19(2)24(37-25)27(35)30-14-12-29(13-15-30)20-7-9-21(36-3)10-8-20/h7-10,17-18H,4-6,11-16H2,1-3H3/t18-/m1/s1. The van der Waals surface area contributed by atoms with Gasteiger partial charge in [-0.25, -0.2) is 4.98 Å². The van der Waals surface area contributed by atoms with Crippen LogP contribution in [-0.4, -0.2) is 77.0 Å². The number of anilines is 1. The second-order valence-corrected chi connectivity index (χ2v) is 10.8. The van der Waals surface area contributed by atoms with E-state index in [2.05, 4.69) is 16.8 Å². The maximum Gasteiger partial charge on any atom is 0.264 e. The number of likely N-dealkylation sites (tertiary alicyclic amines) is 1. The molecular formula is C27H33N5O4S. The predicted molar refractivity (Wildman–Crippen MR) is 145 cm³/mol. The van der Waals surface area contributed by atoms with Crippen molar-refractivity contribution in [2.24, 2.45) is 0 Å². The predicted octanol–water partition coefficient (Wildman–Crippen LogP) is 3.14. The van der Waals surface area contributed by atoms with Gasteiger partial charge in [0, 0.05) is 44.5 Å². The number of ether oxygens (including phenoxy) is 1. The van der Waals surface area contributed by atoms with Crippen LogP contribution < -0.4 is 15.2 Å². The Kier molecular flexibility index (Phi) is 7.19. The van der Waals surface area contributed by atoms with Crippen LogP contribution in [0.5, 0.6) is 5.75 Å². The van der Waals surface area contributed by atoms with Gasteiger partial charge in [-0.3, -0.25) is 19.0 Å². The van der Waals surface area contributed by atoms with Gasteiger partial charge >= 0.3 is 0 Å². The molecule has 0 radical (unpaired) electrons. The van der Waals surface area contributed by atoms with E-state index in [0.717, 1.165) is 50.3 Å². The number of carbonyl (C=O) groups is 2. The van der Waals surface area contributed by atoms with Crippen molar-refractivity contribution < 1.29 is 14.3 Å². The normalized spacial score (nSPS) is 18.4. The molecule has 2 fully saturated rings. The minimum atomic E-state index is -0.264. The minimum absolute atomic E-state index is 0.0298. The highest BCUT2D eigenvalue weighted by atomic mass is 32.1. The van der Waals surface area contributed by atoms with E-state index >= 15 is 0 Å². The molecule has 1 aromatic carbocycles. The van der Waals surface area contributed by atoms with Crippen molar-refractivity contribution in [2.45, 2.75) is 45.7 Å². The molecule has 10 heteroatoms. The lowest BCUT2D eigenvalue weighted by atomic mass is 10.0. The Morgan fingerprint density at radius 2 is 1.81 bits per heavy atom. The molecule has 196 valence electrons. The van der Waals surface area contributed by atoms with Gasteiger partial charge in [0.05, 0.1) is 23.7 Å². The molecule has 1 atom stereocenters. The SMILES string of the molecule is COc1ccc(N2CCN(C(=O)c3sc4ncn(CC(=O)N5CCCC[C@H]5C)c(=O)c4c3C)CC2)cc1. The summed E-state index contributed by atoms with van der Waals surface area (Å²) >= 11 is 1.26. The first kappa shape index (κ1) is 25.3. The van der Waals surface area contributed by atoms with E-state index in [-0.39, 0.29) is 30.0 Å². The molecule has 37 heavy (non-hydrogen) atoms. The smallest absolute Gasteiger partial charge is 0.264 e. The van der Waals surface area contributed by atoms with E-state index in [1.54, 1.807) is 7.11 Å². The molecule has 0 bridgehead atoms. The third-order valence-electron chi connectivity index (χ3n) is 7.54. The topological polar surface area (TPSA) is 88.0 Å². The first-order valence-electron chi connectivity index (χ1n) is 12.8. The maximum absolute atomic E-state index is 13.4. The Morgan fingerprint density at radius 3 is 2.49 bits per heavy atom. The lowest BCUT2D eigenvalue weighted by Gasteiger charge is -2.36. The molecule has 5 rings (SSSR count). The lowest BCUT2D eigenvalue weighted by Crippen LogP contribution is -2.48. The van der Waals surface area contributed by atoms with Crippen molar-refractivity contribution in [3.8, 4) is 5.75 Å². The number of fused-ring (bicyclic) bond motifs is 1. The van der Waals surface area contributed by atoms with Gasteiger partial charge in [-0.05, 0) is 62.9 Å². The lowest BCUT2D eigenvalue weighted by molar-refractivity contribution is -0.135. The fraction of sp³-hybridized carbons (Fsp3) is 0.481. The number of thiophene rings is 1. The number of carbonyl (C=O) groups excluding carboxylic acids is 2. The number of aromatic nitrogens is 2. The van der Waals surface area contributed by atoms with Gasteiger partial charge in [-0.15, -0.1) is 11.3 Å². The highest BCUT2D eigenvalue weighted by Crippen LogP contribution is 2.29. The van der Waals surface area contributed by atoms with Crippen LogP contribution in [0, 0.1) is 6.92 Å². The second kappa shape index (κ2) is 10.5. The number of rotatable bonds is 5.